The normalized spacial score (nSPS) is 10.9. The van der Waals surface area contributed by atoms with Crippen LogP contribution in [-0.2, 0) is 26.7 Å². The number of hydrogen-bond donors (Lipinski definition) is 0. The maximum Gasteiger partial charge on any atom is 0.119 e. The molecule has 0 radical (unpaired) electrons. The van der Waals surface area contributed by atoms with Crippen LogP contribution in [0.3, 0.4) is 0 Å². The molecule has 4 nitrogen and oxygen atoms in total. The predicted molar refractivity (Wildman–Crippen MR) is 68.6 cm³/mol. The summed E-state index contributed by atoms with van der Waals surface area (Å²) in [6, 6.07) is 0. The van der Waals surface area contributed by atoms with Gasteiger partial charge in [0.2, 0.25) is 0 Å². The summed E-state index contributed by atoms with van der Waals surface area (Å²) < 4.78 is 15.7. The highest BCUT2D eigenvalue weighted by molar-refractivity contribution is 7.09. The van der Waals surface area contributed by atoms with E-state index in [0.717, 1.165) is 17.1 Å². The minimum absolute atomic E-state index is 0.462. The molecule has 0 aromatic carbocycles. The average molecular weight is 280 g/mol. The van der Waals surface area contributed by atoms with Gasteiger partial charge in [-0.3, -0.25) is 0 Å². The van der Waals surface area contributed by atoms with Crippen molar-refractivity contribution in [3.8, 4) is 0 Å². The molecule has 0 saturated heterocycles. The van der Waals surface area contributed by atoms with Crippen molar-refractivity contribution >= 4 is 22.9 Å². The lowest BCUT2D eigenvalue weighted by atomic mass is 10.5. The van der Waals surface area contributed by atoms with Crippen LogP contribution < -0.4 is 0 Å². The Balaban J connectivity index is 1.93. The maximum atomic E-state index is 5.66. The van der Waals surface area contributed by atoms with Crippen molar-refractivity contribution in [3.63, 3.8) is 0 Å². The summed E-state index contributed by atoms with van der Waals surface area (Å²) in [5.74, 6) is 0.462. The number of methoxy groups -OCH3 is 1. The third kappa shape index (κ3) is 6.95. The predicted octanol–water partition coefficient (Wildman–Crippen LogP) is 2.45. The fourth-order valence-electron chi connectivity index (χ4n) is 1.14. The SMILES string of the molecule is COCCOCCCOCc1nc(CCl)cs1. The van der Waals surface area contributed by atoms with Crippen molar-refractivity contribution in [3.05, 3.63) is 16.1 Å². The minimum atomic E-state index is 0.462. The molecule has 0 unspecified atom stereocenters. The summed E-state index contributed by atoms with van der Waals surface area (Å²) in [6.07, 6.45) is 0.886. The Morgan fingerprint density at radius 1 is 1.24 bits per heavy atom. The zero-order valence-electron chi connectivity index (χ0n) is 9.99. The Labute approximate surface area is 111 Å². The number of hydrogen-bond acceptors (Lipinski definition) is 5. The molecule has 17 heavy (non-hydrogen) atoms. The van der Waals surface area contributed by atoms with Crippen LogP contribution >= 0.6 is 22.9 Å². The van der Waals surface area contributed by atoms with Crippen LogP contribution in [0.5, 0.6) is 0 Å². The van der Waals surface area contributed by atoms with Gasteiger partial charge < -0.3 is 14.2 Å². The molecule has 0 amide bonds. The van der Waals surface area contributed by atoms with Crippen molar-refractivity contribution in [1.82, 2.24) is 4.98 Å². The second-order valence-electron chi connectivity index (χ2n) is 3.38. The van der Waals surface area contributed by atoms with E-state index in [2.05, 4.69) is 4.98 Å². The second-order valence-corrected chi connectivity index (χ2v) is 4.59. The van der Waals surface area contributed by atoms with Gasteiger partial charge in [0.1, 0.15) is 5.01 Å². The first-order valence-corrected chi connectivity index (χ1v) is 6.92. The van der Waals surface area contributed by atoms with E-state index >= 15 is 0 Å². The third-order valence-corrected chi connectivity index (χ3v) is 3.12. The van der Waals surface area contributed by atoms with Gasteiger partial charge >= 0.3 is 0 Å². The quantitative estimate of drug-likeness (QED) is 0.487. The van der Waals surface area contributed by atoms with Gasteiger partial charge in [0.15, 0.2) is 0 Å². The van der Waals surface area contributed by atoms with Gasteiger partial charge in [-0.1, -0.05) is 0 Å². The van der Waals surface area contributed by atoms with Gasteiger partial charge in [0.25, 0.3) is 0 Å². The summed E-state index contributed by atoms with van der Waals surface area (Å²) >= 11 is 7.24. The molecule has 6 heteroatoms. The van der Waals surface area contributed by atoms with E-state index < -0.39 is 0 Å². The molecule has 1 aromatic rings. The first kappa shape index (κ1) is 14.9. The lowest BCUT2D eigenvalue weighted by Crippen LogP contribution is -2.05. The van der Waals surface area contributed by atoms with Crippen LogP contribution in [0.1, 0.15) is 17.1 Å². The Morgan fingerprint density at radius 3 is 2.76 bits per heavy atom. The Morgan fingerprint density at radius 2 is 2.06 bits per heavy atom. The number of aromatic nitrogens is 1. The van der Waals surface area contributed by atoms with Crippen LogP contribution in [0.4, 0.5) is 0 Å². The summed E-state index contributed by atoms with van der Waals surface area (Å²) in [6.45, 7) is 3.22. The molecule has 0 atom stereocenters. The molecule has 0 aliphatic rings. The summed E-state index contributed by atoms with van der Waals surface area (Å²) in [5, 5.41) is 2.93. The van der Waals surface area contributed by atoms with E-state index in [1.54, 1.807) is 18.4 Å². The molecule has 0 spiro atoms. The lowest BCUT2D eigenvalue weighted by molar-refractivity contribution is 0.0483. The molecule has 0 fully saturated rings. The molecule has 0 aliphatic heterocycles. The standard InChI is InChI=1S/C11H18ClNO3S/c1-14-5-6-15-3-2-4-16-8-11-13-10(7-12)9-17-11/h9H,2-8H2,1H3. The highest BCUT2D eigenvalue weighted by Gasteiger charge is 2.00. The molecule has 98 valence electrons. The van der Waals surface area contributed by atoms with Crippen LogP contribution in [0, 0.1) is 0 Å². The number of rotatable bonds is 10. The van der Waals surface area contributed by atoms with Gasteiger partial charge in [0, 0.05) is 25.7 Å². The Kier molecular flexibility index (Phi) is 8.56. The second kappa shape index (κ2) is 9.79. The lowest BCUT2D eigenvalue weighted by Gasteiger charge is -2.03. The smallest absolute Gasteiger partial charge is 0.119 e. The third-order valence-electron chi connectivity index (χ3n) is 1.97. The maximum absolute atomic E-state index is 5.66. The van der Waals surface area contributed by atoms with E-state index in [1.807, 2.05) is 5.38 Å². The van der Waals surface area contributed by atoms with Gasteiger partial charge in [-0.05, 0) is 6.42 Å². The fraction of sp³-hybridized carbons (Fsp3) is 0.727. The number of thiazole rings is 1. The van der Waals surface area contributed by atoms with E-state index in [0.29, 0.717) is 38.9 Å². The van der Waals surface area contributed by atoms with Crippen LogP contribution in [0.2, 0.25) is 0 Å². The molecule has 1 rings (SSSR count). The van der Waals surface area contributed by atoms with Crippen LogP contribution in [-0.4, -0.2) is 38.5 Å². The van der Waals surface area contributed by atoms with E-state index in [-0.39, 0.29) is 0 Å². The van der Waals surface area contributed by atoms with Crippen molar-refractivity contribution in [2.24, 2.45) is 0 Å². The Bertz CT molecular complexity index is 296. The van der Waals surface area contributed by atoms with Gasteiger partial charge in [-0.2, -0.15) is 0 Å². The number of halogens is 1. The molecule has 0 bridgehead atoms. The minimum Gasteiger partial charge on any atom is -0.382 e. The van der Waals surface area contributed by atoms with E-state index in [9.17, 15) is 0 Å². The first-order chi connectivity index (χ1) is 8.36. The number of alkyl halides is 1. The number of ether oxygens (including phenoxy) is 3. The average Bonchev–Trinajstić information content (AvgIpc) is 2.80. The summed E-state index contributed by atoms with van der Waals surface area (Å²) in [7, 11) is 1.66. The van der Waals surface area contributed by atoms with Gasteiger partial charge in [-0.25, -0.2) is 4.98 Å². The van der Waals surface area contributed by atoms with Crippen molar-refractivity contribution in [1.29, 1.82) is 0 Å². The first-order valence-electron chi connectivity index (χ1n) is 5.50. The highest BCUT2D eigenvalue weighted by atomic mass is 35.5. The largest absolute Gasteiger partial charge is 0.382 e. The summed E-state index contributed by atoms with van der Waals surface area (Å²) in [5.41, 5.74) is 0.915. The van der Waals surface area contributed by atoms with Crippen molar-refractivity contribution < 1.29 is 14.2 Å². The van der Waals surface area contributed by atoms with Crippen LogP contribution in [0.15, 0.2) is 5.38 Å². The molecular formula is C11H18ClNO3S. The Hall–Kier alpha value is -0.200. The molecular weight excluding hydrogens is 262 g/mol. The molecule has 0 aliphatic carbocycles. The number of nitrogens with zero attached hydrogens (tertiary/aromatic N) is 1. The van der Waals surface area contributed by atoms with Crippen molar-refractivity contribution in [2.75, 3.05) is 33.5 Å². The topological polar surface area (TPSA) is 40.6 Å². The monoisotopic (exact) mass is 279 g/mol. The van der Waals surface area contributed by atoms with Gasteiger partial charge in [-0.15, -0.1) is 22.9 Å². The molecule has 0 N–H and O–H groups in total. The van der Waals surface area contributed by atoms with E-state index in [1.165, 1.54) is 0 Å². The van der Waals surface area contributed by atoms with Crippen LogP contribution in [0.25, 0.3) is 0 Å². The van der Waals surface area contributed by atoms with Gasteiger partial charge in [0.05, 0.1) is 31.4 Å². The molecule has 1 aromatic heterocycles. The zero-order chi connectivity index (χ0) is 12.3. The zero-order valence-corrected chi connectivity index (χ0v) is 11.6. The molecule has 0 saturated carbocycles. The highest BCUT2D eigenvalue weighted by Crippen LogP contribution is 2.12. The van der Waals surface area contributed by atoms with E-state index in [4.69, 9.17) is 25.8 Å². The van der Waals surface area contributed by atoms with Crippen molar-refractivity contribution in [2.45, 2.75) is 18.9 Å². The summed E-state index contributed by atoms with van der Waals surface area (Å²) in [4.78, 5) is 4.30. The fourth-order valence-corrected chi connectivity index (χ4v) is 2.10. The molecule has 1 heterocycles.